The van der Waals surface area contributed by atoms with Crippen LogP contribution in [-0.4, -0.2) is 48.5 Å². The number of hydrogen-bond acceptors (Lipinski definition) is 4. The van der Waals surface area contributed by atoms with Gasteiger partial charge in [0.1, 0.15) is 4.60 Å². The van der Waals surface area contributed by atoms with Gasteiger partial charge in [-0.15, -0.1) is 0 Å². The van der Waals surface area contributed by atoms with Gasteiger partial charge in [0, 0.05) is 25.3 Å². The summed E-state index contributed by atoms with van der Waals surface area (Å²) in [4.78, 5) is 16.1. The maximum atomic E-state index is 12.1. The van der Waals surface area contributed by atoms with Gasteiger partial charge in [-0.1, -0.05) is 0 Å². The quantitative estimate of drug-likeness (QED) is 0.806. The van der Waals surface area contributed by atoms with Gasteiger partial charge in [0.25, 0.3) is 5.91 Å². The van der Waals surface area contributed by atoms with E-state index in [4.69, 9.17) is 0 Å². The molecule has 116 valence electrons. The Kier molecular flexibility index (Phi) is 5.34. The van der Waals surface area contributed by atoms with E-state index in [1.807, 2.05) is 0 Å². The number of piperidine rings is 1. The molecule has 0 spiro atoms. The molecule has 21 heavy (non-hydrogen) atoms. The first-order valence-corrected chi connectivity index (χ1v) is 9.23. The Morgan fingerprint density at radius 2 is 2.10 bits per heavy atom. The standard InChI is InChI=1S/C13H18BrN3O3S/c1-2-21(19,20)17-7-5-11(6-8-17)16-13(18)10-3-4-12(14)15-9-10/h3-4,9,11H,2,5-8H2,1H3,(H,16,18). The molecule has 1 aliphatic rings. The molecule has 1 aromatic heterocycles. The van der Waals surface area contributed by atoms with Crippen LogP contribution in [0.3, 0.4) is 0 Å². The van der Waals surface area contributed by atoms with E-state index in [9.17, 15) is 13.2 Å². The highest BCUT2D eigenvalue weighted by atomic mass is 79.9. The summed E-state index contributed by atoms with van der Waals surface area (Å²) in [6.45, 7) is 2.56. The van der Waals surface area contributed by atoms with Crippen molar-refractivity contribution in [3.63, 3.8) is 0 Å². The lowest BCUT2D eigenvalue weighted by Crippen LogP contribution is -2.46. The molecule has 0 radical (unpaired) electrons. The number of carbonyl (C=O) groups is 1. The summed E-state index contributed by atoms with van der Waals surface area (Å²) in [6, 6.07) is 3.42. The van der Waals surface area contributed by atoms with Gasteiger partial charge in [0.05, 0.1) is 11.3 Å². The number of hydrogen-bond donors (Lipinski definition) is 1. The van der Waals surface area contributed by atoms with E-state index >= 15 is 0 Å². The van der Waals surface area contributed by atoms with Crippen molar-refractivity contribution in [2.24, 2.45) is 0 Å². The van der Waals surface area contributed by atoms with Crippen molar-refractivity contribution >= 4 is 31.9 Å². The SMILES string of the molecule is CCS(=O)(=O)N1CCC(NC(=O)c2ccc(Br)nc2)CC1. The third kappa shape index (κ3) is 4.24. The Balaban J connectivity index is 1.89. The van der Waals surface area contributed by atoms with Crippen molar-refractivity contribution < 1.29 is 13.2 Å². The van der Waals surface area contributed by atoms with Crippen molar-refractivity contribution in [1.82, 2.24) is 14.6 Å². The molecule has 0 aliphatic carbocycles. The number of amides is 1. The molecular formula is C13H18BrN3O3S. The van der Waals surface area contributed by atoms with Crippen LogP contribution < -0.4 is 5.32 Å². The Bertz CT molecular complexity index is 596. The second kappa shape index (κ2) is 6.85. The summed E-state index contributed by atoms with van der Waals surface area (Å²) in [6.07, 6.45) is 2.78. The maximum absolute atomic E-state index is 12.1. The highest BCUT2D eigenvalue weighted by Gasteiger charge is 2.27. The van der Waals surface area contributed by atoms with Crippen molar-refractivity contribution in [3.8, 4) is 0 Å². The highest BCUT2D eigenvalue weighted by Crippen LogP contribution is 2.15. The lowest BCUT2D eigenvalue weighted by atomic mass is 10.1. The van der Waals surface area contributed by atoms with Gasteiger partial charge in [-0.25, -0.2) is 17.7 Å². The number of carbonyl (C=O) groups excluding carboxylic acids is 1. The summed E-state index contributed by atoms with van der Waals surface area (Å²) < 4.78 is 25.7. The normalized spacial score (nSPS) is 17.6. The molecule has 2 heterocycles. The van der Waals surface area contributed by atoms with Gasteiger partial charge in [-0.2, -0.15) is 0 Å². The van der Waals surface area contributed by atoms with Crippen molar-refractivity contribution in [1.29, 1.82) is 0 Å². The second-order valence-electron chi connectivity index (χ2n) is 4.92. The number of halogens is 1. The van der Waals surface area contributed by atoms with Crippen LogP contribution >= 0.6 is 15.9 Å². The number of nitrogens with one attached hydrogen (secondary N) is 1. The molecule has 0 aromatic carbocycles. The summed E-state index contributed by atoms with van der Waals surface area (Å²) in [5.74, 6) is -0.0546. The zero-order valence-corrected chi connectivity index (χ0v) is 14.2. The molecule has 1 N–H and O–H groups in total. The molecule has 8 heteroatoms. The van der Waals surface area contributed by atoms with Crippen molar-refractivity contribution in [3.05, 3.63) is 28.5 Å². The van der Waals surface area contributed by atoms with Crippen LogP contribution in [0.15, 0.2) is 22.9 Å². The van der Waals surface area contributed by atoms with Gasteiger partial charge in [0.15, 0.2) is 0 Å². The monoisotopic (exact) mass is 375 g/mol. The molecule has 1 amide bonds. The smallest absolute Gasteiger partial charge is 0.253 e. The van der Waals surface area contributed by atoms with Gasteiger partial charge in [-0.3, -0.25) is 4.79 Å². The molecule has 1 saturated heterocycles. The highest BCUT2D eigenvalue weighted by molar-refractivity contribution is 9.10. The summed E-state index contributed by atoms with van der Waals surface area (Å²) in [5.41, 5.74) is 0.502. The molecule has 2 rings (SSSR count). The minimum absolute atomic E-state index is 0.00412. The second-order valence-corrected chi connectivity index (χ2v) is 7.99. The van der Waals surface area contributed by atoms with Gasteiger partial charge >= 0.3 is 0 Å². The van der Waals surface area contributed by atoms with Crippen LogP contribution in [0.5, 0.6) is 0 Å². The van der Waals surface area contributed by atoms with Crippen LogP contribution in [0.1, 0.15) is 30.1 Å². The fourth-order valence-electron chi connectivity index (χ4n) is 2.24. The first-order valence-electron chi connectivity index (χ1n) is 6.82. The molecule has 0 bridgehead atoms. The number of rotatable bonds is 4. The van der Waals surface area contributed by atoms with Crippen LogP contribution in [0.2, 0.25) is 0 Å². The minimum Gasteiger partial charge on any atom is -0.349 e. The first-order chi connectivity index (χ1) is 9.92. The summed E-state index contributed by atoms with van der Waals surface area (Å²) >= 11 is 3.22. The minimum atomic E-state index is -3.12. The fraction of sp³-hybridized carbons (Fsp3) is 0.538. The maximum Gasteiger partial charge on any atom is 0.253 e. The van der Waals surface area contributed by atoms with Crippen LogP contribution in [0.4, 0.5) is 0 Å². The molecular weight excluding hydrogens is 358 g/mol. The average Bonchev–Trinajstić information content (AvgIpc) is 2.48. The lowest BCUT2D eigenvalue weighted by molar-refractivity contribution is 0.0923. The summed E-state index contributed by atoms with van der Waals surface area (Å²) in [7, 11) is -3.12. The Morgan fingerprint density at radius 1 is 1.43 bits per heavy atom. The van der Waals surface area contributed by atoms with Gasteiger partial charge in [-0.05, 0) is 47.8 Å². The van der Waals surface area contributed by atoms with Crippen LogP contribution in [-0.2, 0) is 10.0 Å². The number of aromatic nitrogens is 1. The third-order valence-electron chi connectivity index (χ3n) is 3.54. The number of nitrogens with zero attached hydrogens (tertiary/aromatic N) is 2. The van der Waals surface area contributed by atoms with Gasteiger partial charge in [0.2, 0.25) is 10.0 Å². The zero-order valence-electron chi connectivity index (χ0n) is 11.8. The van der Waals surface area contributed by atoms with E-state index in [-0.39, 0.29) is 17.7 Å². The van der Waals surface area contributed by atoms with Crippen LogP contribution in [0, 0.1) is 0 Å². The summed E-state index contributed by atoms with van der Waals surface area (Å²) in [5, 5.41) is 2.93. The van der Waals surface area contributed by atoms with E-state index in [0.717, 1.165) is 0 Å². The van der Waals surface area contributed by atoms with Crippen LogP contribution in [0.25, 0.3) is 0 Å². The van der Waals surface area contributed by atoms with Crippen molar-refractivity contribution in [2.75, 3.05) is 18.8 Å². The predicted octanol–water partition coefficient (Wildman–Crippen LogP) is 1.39. The fourth-order valence-corrected chi connectivity index (χ4v) is 3.61. The molecule has 0 saturated carbocycles. The largest absolute Gasteiger partial charge is 0.349 e. The average molecular weight is 376 g/mol. The van der Waals surface area contributed by atoms with E-state index in [1.54, 1.807) is 19.1 Å². The molecule has 1 aliphatic heterocycles. The molecule has 0 atom stereocenters. The molecule has 1 aromatic rings. The zero-order chi connectivity index (χ0) is 15.5. The molecule has 6 nitrogen and oxygen atoms in total. The topological polar surface area (TPSA) is 79.4 Å². The molecule has 1 fully saturated rings. The first kappa shape index (κ1) is 16.4. The Hall–Kier alpha value is -0.990. The third-order valence-corrected chi connectivity index (χ3v) is 5.89. The molecule has 0 unspecified atom stereocenters. The van der Waals surface area contributed by atoms with Crippen molar-refractivity contribution in [2.45, 2.75) is 25.8 Å². The lowest BCUT2D eigenvalue weighted by Gasteiger charge is -2.31. The predicted molar refractivity (Wildman–Crippen MR) is 83.5 cm³/mol. The van der Waals surface area contributed by atoms with E-state index in [1.165, 1.54) is 10.5 Å². The number of pyridine rings is 1. The van der Waals surface area contributed by atoms with Gasteiger partial charge < -0.3 is 5.32 Å². The van der Waals surface area contributed by atoms with E-state index in [0.29, 0.717) is 36.1 Å². The van der Waals surface area contributed by atoms with E-state index < -0.39 is 10.0 Å². The Morgan fingerprint density at radius 3 is 2.62 bits per heavy atom. The number of sulfonamides is 1. The van der Waals surface area contributed by atoms with E-state index in [2.05, 4.69) is 26.2 Å². The Labute approximate surface area is 133 Å².